The molecule has 21 heavy (non-hydrogen) atoms. The Morgan fingerprint density at radius 1 is 1.33 bits per heavy atom. The van der Waals surface area contributed by atoms with E-state index >= 15 is 0 Å². The SMILES string of the molecule is CC(C)(C)OCC1C(=O)Nc2nc3cc(Cl)c(Cl)cc3n21. The minimum absolute atomic E-state index is 0.130. The van der Waals surface area contributed by atoms with Crippen LogP contribution in [0.2, 0.25) is 10.0 Å². The normalized spacial score (nSPS) is 18.1. The molecule has 7 heteroatoms. The molecule has 0 radical (unpaired) electrons. The molecule has 3 rings (SSSR count). The van der Waals surface area contributed by atoms with E-state index in [4.69, 9.17) is 27.9 Å². The summed E-state index contributed by atoms with van der Waals surface area (Å²) in [7, 11) is 0. The van der Waals surface area contributed by atoms with Crippen molar-refractivity contribution in [2.75, 3.05) is 11.9 Å². The highest BCUT2D eigenvalue weighted by Gasteiger charge is 2.34. The molecule has 0 fully saturated rings. The van der Waals surface area contributed by atoms with Gasteiger partial charge in [0.15, 0.2) is 0 Å². The van der Waals surface area contributed by atoms with Crippen molar-refractivity contribution in [3.8, 4) is 0 Å². The molecule has 1 aromatic carbocycles. The first-order valence-electron chi connectivity index (χ1n) is 6.58. The lowest BCUT2D eigenvalue weighted by Crippen LogP contribution is -2.27. The summed E-state index contributed by atoms with van der Waals surface area (Å²) in [6.45, 7) is 6.12. The maximum atomic E-state index is 12.1. The summed E-state index contributed by atoms with van der Waals surface area (Å²) < 4.78 is 7.56. The fraction of sp³-hybridized carbons (Fsp3) is 0.429. The maximum Gasteiger partial charge on any atom is 0.252 e. The first-order chi connectivity index (χ1) is 9.76. The van der Waals surface area contributed by atoms with Crippen LogP contribution in [0, 0.1) is 0 Å². The van der Waals surface area contributed by atoms with E-state index in [2.05, 4.69) is 10.3 Å². The molecule has 112 valence electrons. The van der Waals surface area contributed by atoms with E-state index in [0.29, 0.717) is 21.5 Å². The zero-order chi connectivity index (χ0) is 15.4. The van der Waals surface area contributed by atoms with Gasteiger partial charge in [-0.25, -0.2) is 4.98 Å². The molecule has 2 aromatic rings. The second kappa shape index (κ2) is 4.87. The highest BCUT2D eigenvalue weighted by Crippen LogP contribution is 2.35. The predicted molar refractivity (Wildman–Crippen MR) is 83.1 cm³/mol. The van der Waals surface area contributed by atoms with E-state index in [-0.39, 0.29) is 18.1 Å². The van der Waals surface area contributed by atoms with Crippen molar-refractivity contribution in [1.29, 1.82) is 0 Å². The van der Waals surface area contributed by atoms with E-state index in [0.717, 1.165) is 5.52 Å². The summed E-state index contributed by atoms with van der Waals surface area (Å²) in [6.07, 6.45) is 0. The van der Waals surface area contributed by atoms with Gasteiger partial charge in [0.2, 0.25) is 5.95 Å². The van der Waals surface area contributed by atoms with Gasteiger partial charge < -0.3 is 4.74 Å². The molecule has 0 spiro atoms. The third-order valence-electron chi connectivity index (χ3n) is 3.26. The van der Waals surface area contributed by atoms with Gasteiger partial charge in [0.1, 0.15) is 6.04 Å². The van der Waals surface area contributed by atoms with Crippen molar-refractivity contribution in [2.45, 2.75) is 32.4 Å². The Kier molecular flexibility index (Phi) is 3.39. The lowest BCUT2D eigenvalue weighted by Gasteiger charge is -2.22. The van der Waals surface area contributed by atoms with Gasteiger partial charge in [-0.15, -0.1) is 0 Å². The van der Waals surface area contributed by atoms with Crippen LogP contribution >= 0.6 is 23.2 Å². The zero-order valence-corrected chi connectivity index (χ0v) is 13.4. The number of carbonyl (C=O) groups is 1. The minimum atomic E-state index is -0.457. The summed E-state index contributed by atoms with van der Waals surface area (Å²) in [6, 6.07) is 2.96. The van der Waals surface area contributed by atoms with Crippen molar-refractivity contribution in [3.63, 3.8) is 0 Å². The van der Waals surface area contributed by atoms with Gasteiger partial charge in [-0.1, -0.05) is 23.2 Å². The topological polar surface area (TPSA) is 56.1 Å². The van der Waals surface area contributed by atoms with Crippen LogP contribution in [0.4, 0.5) is 5.95 Å². The Bertz CT molecular complexity index is 734. The molecule has 1 unspecified atom stereocenters. The van der Waals surface area contributed by atoms with E-state index in [9.17, 15) is 4.79 Å². The predicted octanol–water partition coefficient (Wildman–Crippen LogP) is 3.65. The van der Waals surface area contributed by atoms with Gasteiger partial charge in [0.25, 0.3) is 5.91 Å². The first kappa shape index (κ1) is 14.6. The largest absolute Gasteiger partial charge is 0.373 e. The van der Waals surface area contributed by atoms with Gasteiger partial charge >= 0.3 is 0 Å². The quantitative estimate of drug-likeness (QED) is 0.915. The number of anilines is 1. The number of aromatic nitrogens is 2. The highest BCUT2D eigenvalue weighted by molar-refractivity contribution is 6.42. The summed E-state index contributed by atoms with van der Waals surface area (Å²) in [5.41, 5.74) is 1.14. The van der Waals surface area contributed by atoms with Gasteiger partial charge in [0, 0.05) is 0 Å². The molecule has 0 saturated carbocycles. The van der Waals surface area contributed by atoms with E-state index < -0.39 is 6.04 Å². The third kappa shape index (κ3) is 2.61. The average molecular weight is 328 g/mol. The summed E-state index contributed by atoms with van der Waals surface area (Å²) >= 11 is 12.1. The number of nitrogens with one attached hydrogen (secondary N) is 1. The van der Waals surface area contributed by atoms with Crippen LogP contribution in [0.3, 0.4) is 0 Å². The fourth-order valence-electron chi connectivity index (χ4n) is 2.28. The van der Waals surface area contributed by atoms with Crippen LogP contribution in [0.15, 0.2) is 12.1 Å². The fourth-order valence-corrected chi connectivity index (χ4v) is 2.60. The molecule has 1 N–H and O–H groups in total. The molecule has 1 aromatic heterocycles. The Labute approximate surface area is 132 Å². The molecule has 1 aliphatic rings. The standard InChI is InChI=1S/C14H15Cl2N3O2/c1-14(2,3)21-6-11-12(20)18-13-17-9-4-7(15)8(16)5-10(9)19(11)13/h4-5,11H,6H2,1-3H3,(H,17,18,20). The van der Waals surface area contributed by atoms with Crippen molar-refractivity contribution in [1.82, 2.24) is 9.55 Å². The lowest BCUT2D eigenvalue weighted by molar-refractivity contribution is -0.121. The molecular weight excluding hydrogens is 313 g/mol. The first-order valence-corrected chi connectivity index (χ1v) is 7.34. The molecule has 0 bridgehead atoms. The van der Waals surface area contributed by atoms with Crippen molar-refractivity contribution in [2.24, 2.45) is 0 Å². The number of hydrogen-bond acceptors (Lipinski definition) is 3. The molecule has 5 nitrogen and oxygen atoms in total. The molecule has 0 saturated heterocycles. The van der Waals surface area contributed by atoms with Crippen LogP contribution in [0.5, 0.6) is 0 Å². The minimum Gasteiger partial charge on any atom is -0.373 e. The number of hydrogen-bond donors (Lipinski definition) is 1. The number of imidazole rings is 1. The number of amides is 1. The van der Waals surface area contributed by atoms with Crippen LogP contribution in [-0.4, -0.2) is 27.7 Å². The molecule has 0 aliphatic carbocycles. The summed E-state index contributed by atoms with van der Waals surface area (Å²) in [4.78, 5) is 16.5. The molecular formula is C14H15Cl2N3O2. The number of fused-ring (bicyclic) bond motifs is 3. The average Bonchev–Trinajstić information content (AvgIpc) is 2.82. The lowest BCUT2D eigenvalue weighted by atomic mass is 10.2. The van der Waals surface area contributed by atoms with Gasteiger partial charge in [-0.3, -0.25) is 14.7 Å². The smallest absolute Gasteiger partial charge is 0.252 e. The van der Waals surface area contributed by atoms with Crippen molar-refractivity contribution < 1.29 is 9.53 Å². The van der Waals surface area contributed by atoms with Crippen LogP contribution in [-0.2, 0) is 9.53 Å². The molecule has 1 aliphatic heterocycles. The Morgan fingerprint density at radius 2 is 2.00 bits per heavy atom. The molecule has 1 atom stereocenters. The number of carbonyl (C=O) groups excluding carboxylic acids is 1. The van der Waals surface area contributed by atoms with Crippen LogP contribution in [0.1, 0.15) is 26.8 Å². The van der Waals surface area contributed by atoms with E-state index in [1.54, 1.807) is 12.1 Å². The number of benzene rings is 1. The number of halogens is 2. The van der Waals surface area contributed by atoms with Crippen molar-refractivity contribution in [3.05, 3.63) is 22.2 Å². The summed E-state index contributed by atoms with van der Waals surface area (Å²) in [5.74, 6) is 0.366. The van der Waals surface area contributed by atoms with Crippen LogP contribution < -0.4 is 5.32 Å². The van der Waals surface area contributed by atoms with Gasteiger partial charge in [0.05, 0.1) is 33.3 Å². The van der Waals surface area contributed by atoms with Gasteiger partial charge in [-0.2, -0.15) is 0 Å². The zero-order valence-electron chi connectivity index (χ0n) is 11.9. The second-order valence-electron chi connectivity index (χ2n) is 5.99. The Hall–Kier alpha value is -1.30. The number of nitrogens with zero attached hydrogens (tertiary/aromatic N) is 2. The van der Waals surface area contributed by atoms with E-state index in [1.807, 2.05) is 25.3 Å². The van der Waals surface area contributed by atoms with Crippen molar-refractivity contribution >= 4 is 46.1 Å². The Balaban J connectivity index is 2.04. The van der Waals surface area contributed by atoms with Gasteiger partial charge in [-0.05, 0) is 32.9 Å². The molecule has 1 amide bonds. The highest BCUT2D eigenvalue weighted by atomic mass is 35.5. The summed E-state index contributed by atoms with van der Waals surface area (Å²) in [5, 5.41) is 3.63. The Morgan fingerprint density at radius 3 is 2.67 bits per heavy atom. The number of rotatable bonds is 2. The maximum absolute atomic E-state index is 12.1. The monoisotopic (exact) mass is 327 g/mol. The third-order valence-corrected chi connectivity index (χ3v) is 3.98. The van der Waals surface area contributed by atoms with E-state index in [1.165, 1.54) is 0 Å². The number of ether oxygens (including phenoxy) is 1. The molecule has 2 heterocycles. The second-order valence-corrected chi connectivity index (χ2v) is 6.80. The van der Waals surface area contributed by atoms with Crippen LogP contribution in [0.25, 0.3) is 11.0 Å².